The summed E-state index contributed by atoms with van der Waals surface area (Å²) in [5.41, 5.74) is 1.27. The molecular weight excluding hydrogens is 318 g/mol. The third kappa shape index (κ3) is 3.15. The molecule has 23 heavy (non-hydrogen) atoms. The minimum absolute atomic E-state index is 0.203. The average molecular weight is 336 g/mol. The summed E-state index contributed by atoms with van der Waals surface area (Å²) in [5.74, 6) is -0.782. The minimum atomic E-state index is -0.782. The van der Waals surface area contributed by atoms with E-state index in [1.807, 2.05) is 43.7 Å². The van der Waals surface area contributed by atoms with Gasteiger partial charge >= 0.3 is 0 Å². The lowest BCUT2D eigenvalue weighted by Crippen LogP contribution is -2.38. The zero-order valence-corrected chi connectivity index (χ0v) is 13.9. The van der Waals surface area contributed by atoms with Crippen LogP contribution in [0.2, 0.25) is 5.15 Å². The smallest absolute Gasteiger partial charge is 0.163 e. The molecule has 0 spiro atoms. The second-order valence-electron chi connectivity index (χ2n) is 5.99. The average Bonchev–Trinajstić information content (AvgIpc) is 2.91. The predicted octanol–water partition coefficient (Wildman–Crippen LogP) is 2.92. The molecule has 0 unspecified atom stereocenters. The fraction of sp³-hybridized carbons (Fsp3) is 0.438. The van der Waals surface area contributed by atoms with E-state index >= 15 is 0 Å². The predicted molar refractivity (Wildman–Crippen MR) is 86.3 cm³/mol. The zero-order valence-electron chi connectivity index (χ0n) is 13.2. The van der Waals surface area contributed by atoms with Crippen molar-refractivity contribution in [3.8, 4) is 0 Å². The Balaban J connectivity index is 2.11. The van der Waals surface area contributed by atoms with E-state index in [1.54, 1.807) is 0 Å². The van der Waals surface area contributed by atoms with Crippen LogP contribution in [0.25, 0.3) is 11.0 Å². The van der Waals surface area contributed by atoms with E-state index in [0.717, 1.165) is 11.7 Å². The van der Waals surface area contributed by atoms with Crippen LogP contribution in [-0.2, 0) is 14.3 Å². The maximum atomic E-state index is 11.3. The quantitative estimate of drug-likeness (QED) is 0.623. The summed E-state index contributed by atoms with van der Waals surface area (Å²) < 4.78 is 13.6. The Hall–Kier alpha value is -1.76. The van der Waals surface area contributed by atoms with Crippen LogP contribution in [-0.4, -0.2) is 39.3 Å². The van der Waals surface area contributed by atoms with Crippen molar-refractivity contribution in [2.45, 2.75) is 38.7 Å². The van der Waals surface area contributed by atoms with Crippen molar-refractivity contribution >= 4 is 28.9 Å². The molecule has 0 amide bonds. The van der Waals surface area contributed by atoms with Crippen molar-refractivity contribution in [1.82, 2.24) is 14.5 Å². The van der Waals surface area contributed by atoms with E-state index < -0.39 is 5.79 Å². The molecule has 0 saturated carbocycles. The standard InChI is InChI=1S/C16H18ClN3O3/c1-10-13(6-11(7-21)8-22-16(2,3)23-10)20-5-4-12-14(17)18-9-19-15(12)20/h4-7,9-10,13H,8H2,1-3H3/b11-6-/t10-,13-/m1/s1. The molecule has 1 aliphatic heterocycles. The monoisotopic (exact) mass is 335 g/mol. The van der Waals surface area contributed by atoms with Gasteiger partial charge in [0.15, 0.2) is 5.79 Å². The van der Waals surface area contributed by atoms with Crippen molar-refractivity contribution in [3.63, 3.8) is 0 Å². The van der Waals surface area contributed by atoms with E-state index in [1.165, 1.54) is 6.33 Å². The highest BCUT2D eigenvalue weighted by atomic mass is 35.5. The molecule has 0 aromatic carbocycles. The number of ether oxygens (including phenoxy) is 2. The van der Waals surface area contributed by atoms with Crippen LogP contribution >= 0.6 is 11.6 Å². The maximum absolute atomic E-state index is 11.3. The van der Waals surface area contributed by atoms with Crippen molar-refractivity contribution in [2.75, 3.05) is 6.61 Å². The van der Waals surface area contributed by atoms with E-state index in [2.05, 4.69) is 9.97 Å². The summed E-state index contributed by atoms with van der Waals surface area (Å²) in [4.78, 5) is 19.6. The molecule has 0 radical (unpaired) electrons. The topological polar surface area (TPSA) is 66.2 Å². The van der Waals surface area contributed by atoms with Gasteiger partial charge in [0.1, 0.15) is 23.4 Å². The SMILES string of the molecule is C[C@H]1OC(C)(C)OC/C(C=O)=C\[C@H]1n1ccc2c(Cl)ncnc21. The number of carbonyl (C=O) groups excluding carboxylic acids is 1. The fourth-order valence-corrected chi connectivity index (χ4v) is 2.96. The van der Waals surface area contributed by atoms with Gasteiger partial charge in [-0.25, -0.2) is 9.97 Å². The van der Waals surface area contributed by atoms with Crippen molar-refractivity contribution in [2.24, 2.45) is 0 Å². The van der Waals surface area contributed by atoms with Gasteiger partial charge in [-0.2, -0.15) is 0 Å². The van der Waals surface area contributed by atoms with Crippen LogP contribution in [0.3, 0.4) is 0 Å². The number of rotatable bonds is 2. The van der Waals surface area contributed by atoms with Gasteiger partial charge in [-0.1, -0.05) is 17.7 Å². The maximum Gasteiger partial charge on any atom is 0.163 e. The molecule has 0 aliphatic carbocycles. The Bertz CT molecular complexity index is 769. The molecule has 0 fully saturated rings. The second kappa shape index (κ2) is 6.03. The zero-order chi connectivity index (χ0) is 16.6. The Morgan fingerprint density at radius 3 is 2.96 bits per heavy atom. The van der Waals surface area contributed by atoms with Gasteiger partial charge < -0.3 is 14.0 Å². The Morgan fingerprint density at radius 1 is 1.43 bits per heavy atom. The minimum Gasteiger partial charge on any atom is -0.346 e. The fourth-order valence-electron chi connectivity index (χ4n) is 2.77. The summed E-state index contributed by atoms with van der Waals surface area (Å²) in [6.45, 7) is 5.81. The normalized spacial score (nSPS) is 27.0. The van der Waals surface area contributed by atoms with Crippen LogP contribution in [0, 0.1) is 0 Å². The molecule has 2 aromatic rings. The Kier molecular flexibility index (Phi) is 4.23. The lowest BCUT2D eigenvalue weighted by Gasteiger charge is -2.35. The highest BCUT2D eigenvalue weighted by Crippen LogP contribution is 2.30. The summed E-state index contributed by atoms with van der Waals surface area (Å²) in [6.07, 6.45) is 5.73. The number of hydrogen-bond donors (Lipinski definition) is 0. The third-order valence-electron chi connectivity index (χ3n) is 3.86. The molecule has 0 N–H and O–H groups in total. The van der Waals surface area contributed by atoms with Gasteiger partial charge in [0, 0.05) is 11.8 Å². The summed E-state index contributed by atoms with van der Waals surface area (Å²) >= 11 is 6.12. The van der Waals surface area contributed by atoms with Crippen LogP contribution in [0.15, 0.2) is 30.2 Å². The Morgan fingerprint density at radius 2 is 2.22 bits per heavy atom. The van der Waals surface area contributed by atoms with E-state index in [0.29, 0.717) is 16.4 Å². The van der Waals surface area contributed by atoms with Gasteiger partial charge in [-0.3, -0.25) is 4.79 Å². The van der Waals surface area contributed by atoms with Crippen LogP contribution < -0.4 is 0 Å². The number of aromatic nitrogens is 3. The molecule has 0 saturated heterocycles. The molecular formula is C16H18ClN3O3. The number of nitrogens with zero attached hydrogens (tertiary/aromatic N) is 3. The molecule has 3 rings (SSSR count). The van der Waals surface area contributed by atoms with Gasteiger partial charge in [-0.05, 0) is 26.8 Å². The highest BCUT2D eigenvalue weighted by Gasteiger charge is 2.31. The first-order valence-electron chi connectivity index (χ1n) is 7.36. The van der Waals surface area contributed by atoms with Crippen LogP contribution in [0.1, 0.15) is 26.8 Å². The first kappa shape index (κ1) is 16.1. The molecule has 7 heteroatoms. The van der Waals surface area contributed by atoms with Gasteiger partial charge in [0.05, 0.1) is 24.1 Å². The van der Waals surface area contributed by atoms with Gasteiger partial charge in [0.25, 0.3) is 0 Å². The summed E-state index contributed by atoms with van der Waals surface area (Å²) in [6, 6.07) is 1.65. The summed E-state index contributed by atoms with van der Waals surface area (Å²) in [7, 11) is 0. The number of halogens is 1. The van der Waals surface area contributed by atoms with Crippen LogP contribution in [0.5, 0.6) is 0 Å². The number of carbonyl (C=O) groups is 1. The second-order valence-corrected chi connectivity index (χ2v) is 6.34. The third-order valence-corrected chi connectivity index (χ3v) is 4.16. The lowest BCUT2D eigenvalue weighted by atomic mass is 10.1. The molecule has 2 atom stereocenters. The first-order valence-corrected chi connectivity index (χ1v) is 7.74. The lowest BCUT2D eigenvalue weighted by molar-refractivity contribution is -0.236. The number of fused-ring (bicyclic) bond motifs is 1. The van der Waals surface area contributed by atoms with Crippen molar-refractivity contribution < 1.29 is 14.3 Å². The number of hydrogen-bond acceptors (Lipinski definition) is 5. The molecule has 6 nitrogen and oxygen atoms in total. The van der Waals surface area contributed by atoms with E-state index in [9.17, 15) is 4.79 Å². The summed E-state index contributed by atoms with van der Waals surface area (Å²) in [5, 5.41) is 1.16. The molecule has 2 aromatic heterocycles. The molecule has 122 valence electrons. The van der Waals surface area contributed by atoms with Gasteiger partial charge in [0.2, 0.25) is 0 Å². The molecule has 0 bridgehead atoms. The largest absolute Gasteiger partial charge is 0.346 e. The Labute approximate surface area is 139 Å². The number of aldehydes is 1. The van der Waals surface area contributed by atoms with Crippen molar-refractivity contribution in [1.29, 1.82) is 0 Å². The molecule has 1 aliphatic rings. The van der Waals surface area contributed by atoms with E-state index in [4.69, 9.17) is 21.1 Å². The van der Waals surface area contributed by atoms with Crippen LogP contribution in [0.4, 0.5) is 0 Å². The molecule has 3 heterocycles. The highest BCUT2D eigenvalue weighted by molar-refractivity contribution is 6.33. The van der Waals surface area contributed by atoms with Gasteiger partial charge in [-0.15, -0.1) is 0 Å². The van der Waals surface area contributed by atoms with E-state index in [-0.39, 0.29) is 18.8 Å². The first-order chi connectivity index (χ1) is 10.9. The van der Waals surface area contributed by atoms with Crippen molar-refractivity contribution in [3.05, 3.63) is 35.4 Å².